The summed E-state index contributed by atoms with van der Waals surface area (Å²) < 4.78 is 1.73. The Morgan fingerprint density at radius 2 is 2.06 bits per heavy atom. The molecule has 2 N–H and O–H groups in total. The number of rotatable bonds is 1. The molecule has 0 saturated carbocycles. The van der Waals surface area contributed by atoms with Crippen LogP contribution in [-0.4, -0.2) is 19.7 Å². The number of benzene rings is 1. The van der Waals surface area contributed by atoms with Gasteiger partial charge in [0.1, 0.15) is 6.33 Å². The van der Waals surface area contributed by atoms with Crippen LogP contribution in [0.2, 0.25) is 0 Å². The fraction of sp³-hybridized carbons (Fsp3) is 0.0833. The van der Waals surface area contributed by atoms with E-state index in [9.17, 15) is 0 Å². The molecule has 5 heteroatoms. The second-order valence-corrected chi connectivity index (χ2v) is 3.88. The number of aromatic nitrogens is 4. The Kier molecular flexibility index (Phi) is 2.04. The third-order valence-corrected chi connectivity index (χ3v) is 2.58. The fourth-order valence-electron chi connectivity index (χ4n) is 1.78. The molecule has 0 fully saturated rings. The summed E-state index contributed by atoms with van der Waals surface area (Å²) in [5.41, 5.74) is 8.29. The van der Waals surface area contributed by atoms with Crippen LogP contribution in [0.15, 0.2) is 36.8 Å². The zero-order chi connectivity index (χ0) is 11.8. The van der Waals surface area contributed by atoms with Crippen LogP contribution in [-0.2, 0) is 0 Å². The second-order valence-electron chi connectivity index (χ2n) is 3.88. The Morgan fingerprint density at radius 1 is 1.18 bits per heavy atom. The molecule has 1 aromatic carbocycles. The van der Waals surface area contributed by atoms with Gasteiger partial charge in [0.05, 0.1) is 11.2 Å². The van der Waals surface area contributed by atoms with Gasteiger partial charge in [-0.15, -0.1) is 0 Å². The van der Waals surface area contributed by atoms with Crippen molar-refractivity contribution in [1.82, 2.24) is 19.7 Å². The van der Waals surface area contributed by atoms with Crippen molar-refractivity contribution in [2.75, 3.05) is 5.73 Å². The maximum absolute atomic E-state index is 5.79. The molecule has 84 valence electrons. The number of hydrogen-bond acceptors (Lipinski definition) is 4. The van der Waals surface area contributed by atoms with Gasteiger partial charge in [0.2, 0.25) is 0 Å². The normalized spacial score (nSPS) is 10.9. The third kappa shape index (κ3) is 1.61. The number of fused-ring (bicyclic) bond motifs is 1. The molecule has 0 atom stereocenters. The largest absolute Gasteiger partial charge is 0.399 e. The molecule has 3 aromatic rings. The average molecular weight is 225 g/mol. The second kappa shape index (κ2) is 3.55. The first kappa shape index (κ1) is 9.77. The molecule has 17 heavy (non-hydrogen) atoms. The summed E-state index contributed by atoms with van der Waals surface area (Å²) >= 11 is 0. The summed E-state index contributed by atoms with van der Waals surface area (Å²) in [6.45, 7) is 1.94. The van der Waals surface area contributed by atoms with E-state index in [-0.39, 0.29) is 0 Å². The molecule has 0 spiro atoms. The highest BCUT2D eigenvalue weighted by Crippen LogP contribution is 2.20. The zero-order valence-corrected chi connectivity index (χ0v) is 9.33. The molecular formula is C12H11N5. The van der Waals surface area contributed by atoms with Crippen LogP contribution in [0.1, 0.15) is 5.69 Å². The molecule has 3 rings (SSSR count). The van der Waals surface area contributed by atoms with Gasteiger partial charge in [-0.3, -0.25) is 0 Å². The van der Waals surface area contributed by atoms with Crippen LogP contribution in [0.4, 0.5) is 5.69 Å². The molecule has 0 bridgehead atoms. The van der Waals surface area contributed by atoms with Crippen molar-refractivity contribution in [1.29, 1.82) is 0 Å². The molecule has 2 aromatic heterocycles. The van der Waals surface area contributed by atoms with Crippen molar-refractivity contribution < 1.29 is 0 Å². The number of nitrogens with two attached hydrogens (primary N) is 1. The number of hydrogen-bond donors (Lipinski definition) is 1. The van der Waals surface area contributed by atoms with Crippen LogP contribution >= 0.6 is 0 Å². The van der Waals surface area contributed by atoms with Crippen molar-refractivity contribution >= 4 is 16.6 Å². The number of anilines is 1. The lowest BCUT2D eigenvalue weighted by Crippen LogP contribution is -2.01. The molecule has 0 saturated heterocycles. The lowest BCUT2D eigenvalue weighted by Gasteiger charge is -2.05. The highest BCUT2D eigenvalue weighted by molar-refractivity contribution is 5.87. The Balaban J connectivity index is 2.32. The van der Waals surface area contributed by atoms with E-state index in [2.05, 4.69) is 15.1 Å². The minimum Gasteiger partial charge on any atom is -0.399 e. The Morgan fingerprint density at radius 3 is 2.82 bits per heavy atom. The average Bonchev–Trinajstić information content (AvgIpc) is 2.75. The third-order valence-electron chi connectivity index (χ3n) is 2.58. The molecule has 0 aliphatic rings. The molecule has 2 heterocycles. The van der Waals surface area contributed by atoms with Gasteiger partial charge < -0.3 is 5.73 Å². The predicted octanol–water partition coefficient (Wildman–Crippen LogP) is 1.71. The smallest absolute Gasteiger partial charge is 0.164 e. The van der Waals surface area contributed by atoms with E-state index in [1.54, 1.807) is 4.68 Å². The van der Waals surface area contributed by atoms with Gasteiger partial charge in [0.25, 0.3) is 0 Å². The van der Waals surface area contributed by atoms with Gasteiger partial charge >= 0.3 is 0 Å². The van der Waals surface area contributed by atoms with E-state index in [4.69, 9.17) is 5.73 Å². The maximum Gasteiger partial charge on any atom is 0.164 e. The molecule has 0 aliphatic carbocycles. The molecule has 0 radical (unpaired) electrons. The van der Waals surface area contributed by atoms with Gasteiger partial charge in [0.15, 0.2) is 5.82 Å². The minimum absolute atomic E-state index is 0.692. The first-order chi connectivity index (χ1) is 8.24. The molecule has 5 nitrogen and oxygen atoms in total. The molecule has 0 amide bonds. The lowest BCUT2D eigenvalue weighted by atomic mass is 10.2. The zero-order valence-electron chi connectivity index (χ0n) is 9.33. The molecule has 0 unspecified atom stereocenters. The number of nitrogens with zero attached hydrogens (tertiary/aromatic N) is 4. The van der Waals surface area contributed by atoms with E-state index >= 15 is 0 Å². The number of aryl methyl sites for hydroxylation is 1. The van der Waals surface area contributed by atoms with E-state index in [1.807, 2.05) is 37.4 Å². The maximum atomic E-state index is 5.79. The lowest BCUT2D eigenvalue weighted by molar-refractivity contribution is 0.836. The summed E-state index contributed by atoms with van der Waals surface area (Å²) in [6.07, 6.45) is 3.41. The van der Waals surface area contributed by atoms with E-state index in [1.165, 1.54) is 6.33 Å². The van der Waals surface area contributed by atoms with Crippen molar-refractivity contribution in [3.63, 3.8) is 0 Å². The van der Waals surface area contributed by atoms with E-state index < -0.39 is 0 Å². The number of nitrogen functional groups attached to an aromatic ring is 1. The van der Waals surface area contributed by atoms with Gasteiger partial charge in [-0.2, -0.15) is 5.10 Å². The summed E-state index contributed by atoms with van der Waals surface area (Å²) in [7, 11) is 0. The SMILES string of the molecule is Cc1ccn(-c2ncnc3ccc(N)cc23)n1. The van der Waals surface area contributed by atoms with Gasteiger partial charge in [-0.1, -0.05) is 0 Å². The van der Waals surface area contributed by atoms with Crippen LogP contribution < -0.4 is 5.73 Å². The summed E-state index contributed by atoms with van der Waals surface area (Å²) in [4.78, 5) is 8.47. The topological polar surface area (TPSA) is 69.6 Å². The van der Waals surface area contributed by atoms with Crippen LogP contribution in [0, 0.1) is 6.92 Å². The Labute approximate surface area is 97.9 Å². The standard InChI is InChI=1S/C12H11N5/c1-8-4-5-17(16-8)12-10-6-9(13)2-3-11(10)14-7-15-12/h2-7H,13H2,1H3. The Hall–Kier alpha value is -2.43. The van der Waals surface area contributed by atoms with Gasteiger partial charge in [-0.05, 0) is 31.2 Å². The van der Waals surface area contributed by atoms with E-state index in [0.29, 0.717) is 5.69 Å². The minimum atomic E-state index is 0.692. The summed E-state index contributed by atoms with van der Waals surface area (Å²) in [5.74, 6) is 0.746. The highest BCUT2D eigenvalue weighted by atomic mass is 15.3. The summed E-state index contributed by atoms with van der Waals surface area (Å²) in [6, 6.07) is 7.50. The highest BCUT2D eigenvalue weighted by Gasteiger charge is 2.06. The van der Waals surface area contributed by atoms with Gasteiger partial charge in [-0.25, -0.2) is 14.6 Å². The Bertz CT molecular complexity index is 686. The molecule has 0 aliphatic heterocycles. The van der Waals surface area contributed by atoms with Crippen molar-refractivity contribution in [2.24, 2.45) is 0 Å². The fourth-order valence-corrected chi connectivity index (χ4v) is 1.78. The first-order valence-corrected chi connectivity index (χ1v) is 5.27. The first-order valence-electron chi connectivity index (χ1n) is 5.27. The van der Waals surface area contributed by atoms with Crippen LogP contribution in [0.3, 0.4) is 0 Å². The van der Waals surface area contributed by atoms with E-state index in [0.717, 1.165) is 22.4 Å². The van der Waals surface area contributed by atoms with Crippen LogP contribution in [0.25, 0.3) is 16.7 Å². The predicted molar refractivity (Wildman–Crippen MR) is 65.8 cm³/mol. The summed E-state index contributed by atoms with van der Waals surface area (Å²) in [5, 5.41) is 5.24. The van der Waals surface area contributed by atoms with Crippen LogP contribution in [0.5, 0.6) is 0 Å². The molecular weight excluding hydrogens is 214 g/mol. The van der Waals surface area contributed by atoms with Gasteiger partial charge in [0, 0.05) is 17.3 Å². The monoisotopic (exact) mass is 225 g/mol. The van der Waals surface area contributed by atoms with Crippen molar-refractivity contribution in [2.45, 2.75) is 6.92 Å². The van der Waals surface area contributed by atoms with Crippen molar-refractivity contribution in [3.8, 4) is 5.82 Å². The quantitative estimate of drug-likeness (QED) is 0.640. The van der Waals surface area contributed by atoms with Crippen molar-refractivity contribution in [3.05, 3.63) is 42.5 Å².